The van der Waals surface area contributed by atoms with Gasteiger partial charge in [-0.05, 0) is 69.0 Å². The number of anilines is 1. The molecular formula is C26H35FN6O3. The Morgan fingerprint density at radius 1 is 1.08 bits per heavy atom. The number of rotatable bonds is 7. The largest absolute Gasteiger partial charge is 0.394 e. The van der Waals surface area contributed by atoms with Crippen molar-refractivity contribution in [2.24, 2.45) is 0 Å². The zero-order chi connectivity index (χ0) is 25.2. The fraction of sp³-hybridized carbons (Fsp3) is 0.577. The van der Waals surface area contributed by atoms with Crippen molar-refractivity contribution in [1.82, 2.24) is 24.6 Å². The molecule has 2 saturated heterocycles. The van der Waals surface area contributed by atoms with E-state index in [4.69, 9.17) is 14.8 Å². The summed E-state index contributed by atoms with van der Waals surface area (Å²) in [5.74, 6) is 2.57. The smallest absolute Gasteiger partial charge is 0.159 e. The summed E-state index contributed by atoms with van der Waals surface area (Å²) in [4.78, 5) is 13.6. The van der Waals surface area contributed by atoms with Crippen LogP contribution in [-0.4, -0.2) is 99.7 Å². The minimum atomic E-state index is -1.18. The van der Waals surface area contributed by atoms with E-state index in [1.165, 1.54) is 11.1 Å². The van der Waals surface area contributed by atoms with Crippen molar-refractivity contribution in [1.29, 1.82) is 0 Å². The summed E-state index contributed by atoms with van der Waals surface area (Å²) in [7, 11) is 0. The van der Waals surface area contributed by atoms with E-state index in [0.29, 0.717) is 43.8 Å². The number of morpholine rings is 1. The van der Waals surface area contributed by atoms with Gasteiger partial charge in [-0.3, -0.25) is 0 Å². The van der Waals surface area contributed by atoms with Crippen LogP contribution in [0.25, 0.3) is 16.7 Å². The predicted octanol–water partition coefficient (Wildman–Crippen LogP) is 2.14. The normalized spacial score (nSPS) is 20.8. The molecule has 0 saturated carbocycles. The number of benzene rings is 1. The van der Waals surface area contributed by atoms with Crippen molar-refractivity contribution in [3.8, 4) is 5.82 Å². The van der Waals surface area contributed by atoms with Crippen molar-refractivity contribution in [3.63, 3.8) is 0 Å². The predicted molar refractivity (Wildman–Crippen MR) is 136 cm³/mol. The lowest BCUT2D eigenvalue weighted by molar-refractivity contribution is 0.00335. The molecule has 1 unspecified atom stereocenters. The molecule has 0 bridgehead atoms. The lowest BCUT2D eigenvalue weighted by Gasteiger charge is -2.33. The van der Waals surface area contributed by atoms with Gasteiger partial charge in [-0.2, -0.15) is 5.10 Å². The minimum Gasteiger partial charge on any atom is -0.394 e. The average Bonchev–Trinajstić information content (AvgIpc) is 3.31. The number of hydrogen-bond acceptors (Lipinski definition) is 8. The molecule has 2 atom stereocenters. The number of nitrogens with zero attached hydrogens (tertiary/aromatic N) is 6. The zero-order valence-electron chi connectivity index (χ0n) is 21.0. The van der Waals surface area contributed by atoms with Crippen LogP contribution in [0.5, 0.6) is 0 Å². The van der Waals surface area contributed by atoms with Gasteiger partial charge in [-0.15, -0.1) is 0 Å². The number of aryl methyl sites for hydroxylation is 2. The molecule has 10 heteroatoms. The lowest BCUT2D eigenvalue weighted by Crippen LogP contribution is -2.44. The number of halogens is 1. The van der Waals surface area contributed by atoms with Crippen molar-refractivity contribution in [2.45, 2.75) is 44.9 Å². The van der Waals surface area contributed by atoms with E-state index >= 15 is 0 Å². The minimum absolute atomic E-state index is 0.0198. The molecule has 2 N–H and O–H groups in total. The van der Waals surface area contributed by atoms with Crippen molar-refractivity contribution in [2.75, 3.05) is 57.4 Å². The van der Waals surface area contributed by atoms with Gasteiger partial charge >= 0.3 is 0 Å². The third kappa shape index (κ3) is 5.22. The summed E-state index contributed by atoms with van der Waals surface area (Å²) in [6.07, 6.45) is 2.39. The monoisotopic (exact) mass is 498 g/mol. The molecule has 2 aromatic heterocycles. The van der Waals surface area contributed by atoms with Gasteiger partial charge in [0.05, 0.1) is 37.6 Å². The van der Waals surface area contributed by atoms with Crippen LogP contribution in [0.15, 0.2) is 24.4 Å². The summed E-state index contributed by atoms with van der Waals surface area (Å²) < 4.78 is 21.1. The second-order valence-electron chi connectivity index (χ2n) is 9.93. The van der Waals surface area contributed by atoms with Crippen LogP contribution in [-0.2, 0) is 4.74 Å². The fourth-order valence-corrected chi connectivity index (χ4v) is 5.44. The molecule has 1 aromatic carbocycles. The number of piperidine rings is 1. The SMILES string of the molecule is Cc1nc(N2CCO[C@H](CO)C2)cc(-n2ncc3cc(C)c(C4CCN(CC(F)CO)CC4)cc32)n1. The standard InChI is InChI=1S/C26H35FN6O3/c1-17-9-20-12-28-33(24(20)10-23(17)19-3-5-31(6-4-19)13-21(27)15-34)26-11-25(29-18(2)30-26)32-7-8-36-22(14-32)16-35/h9-12,19,21-22,34-35H,3-8,13-16H2,1-2H3/t21?,22-/m0/s1. The highest BCUT2D eigenvalue weighted by Gasteiger charge is 2.25. The number of ether oxygens (including phenoxy) is 1. The van der Waals surface area contributed by atoms with E-state index in [2.05, 4.69) is 38.9 Å². The quantitative estimate of drug-likeness (QED) is 0.511. The van der Waals surface area contributed by atoms with E-state index in [-0.39, 0.29) is 12.7 Å². The molecule has 9 nitrogen and oxygen atoms in total. The van der Waals surface area contributed by atoms with Gasteiger partial charge in [-0.25, -0.2) is 19.0 Å². The van der Waals surface area contributed by atoms with Gasteiger partial charge in [0.25, 0.3) is 0 Å². The number of likely N-dealkylation sites (tertiary alicyclic amines) is 1. The molecule has 0 radical (unpaired) electrons. The lowest BCUT2D eigenvalue weighted by atomic mass is 9.86. The van der Waals surface area contributed by atoms with Crippen LogP contribution in [0.2, 0.25) is 0 Å². The summed E-state index contributed by atoms with van der Waals surface area (Å²) in [6, 6.07) is 6.37. The van der Waals surface area contributed by atoms with E-state index in [0.717, 1.165) is 42.7 Å². The van der Waals surface area contributed by atoms with Gasteiger partial charge < -0.3 is 24.7 Å². The van der Waals surface area contributed by atoms with Crippen LogP contribution in [0.1, 0.15) is 35.7 Å². The zero-order valence-corrected chi connectivity index (χ0v) is 21.0. The first-order valence-electron chi connectivity index (χ1n) is 12.7. The van der Waals surface area contributed by atoms with Crippen molar-refractivity contribution in [3.05, 3.63) is 41.3 Å². The Labute approximate surface area is 210 Å². The van der Waals surface area contributed by atoms with Crippen LogP contribution < -0.4 is 4.90 Å². The maximum Gasteiger partial charge on any atom is 0.159 e. The summed E-state index contributed by atoms with van der Waals surface area (Å²) in [5, 5.41) is 24.3. The molecule has 194 valence electrons. The second-order valence-corrected chi connectivity index (χ2v) is 9.93. The van der Waals surface area contributed by atoms with E-state index in [9.17, 15) is 9.50 Å². The van der Waals surface area contributed by atoms with Gasteiger partial charge in [0, 0.05) is 31.1 Å². The Hall–Kier alpha value is -2.66. The number of aliphatic hydroxyl groups excluding tert-OH is 2. The Morgan fingerprint density at radius 3 is 2.61 bits per heavy atom. The Bertz CT molecular complexity index is 1200. The van der Waals surface area contributed by atoms with Crippen molar-refractivity contribution >= 4 is 16.7 Å². The molecule has 2 aliphatic rings. The van der Waals surface area contributed by atoms with Crippen LogP contribution in [0.3, 0.4) is 0 Å². The van der Waals surface area contributed by atoms with E-state index in [1.807, 2.05) is 23.9 Å². The number of hydrogen-bond donors (Lipinski definition) is 2. The van der Waals surface area contributed by atoms with Gasteiger partial charge in [0.1, 0.15) is 17.8 Å². The summed E-state index contributed by atoms with van der Waals surface area (Å²) in [6.45, 7) is 7.36. The molecule has 2 aliphatic heterocycles. The van der Waals surface area contributed by atoms with E-state index in [1.54, 1.807) is 0 Å². The highest BCUT2D eigenvalue weighted by Crippen LogP contribution is 2.33. The molecule has 3 aromatic rings. The molecule has 2 fully saturated rings. The summed E-state index contributed by atoms with van der Waals surface area (Å²) >= 11 is 0. The Balaban J connectivity index is 1.42. The van der Waals surface area contributed by atoms with Crippen LogP contribution >= 0.6 is 0 Å². The van der Waals surface area contributed by atoms with Gasteiger partial charge in [0.2, 0.25) is 0 Å². The number of aromatic nitrogens is 4. The first kappa shape index (κ1) is 25.0. The Kier molecular flexibility index (Phi) is 7.47. The topological polar surface area (TPSA) is 99.8 Å². The third-order valence-corrected chi connectivity index (χ3v) is 7.33. The number of aliphatic hydroxyl groups is 2. The highest BCUT2D eigenvalue weighted by atomic mass is 19.1. The van der Waals surface area contributed by atoms with Crippen LogP contribution in [0, 0.1) is 13.8 Å². The first-order chi connectivity index (χ1) is 17.4. The molecule has 5 rings (SSSR count). The molecule has 0 spiro atoms. The third-order valence-electron chi connectivity index (χ3n) is 7.33. The summed E-state index contributed by atoms with van der Waals surface area (Å²) in [5.41, 5.74) is 3.54. The molecular weight excluding hydrogens is 463 g/mol. The van der Waals surface area contributed by atoms with Gasteiger partial charge in [0.15, 0.2) is 5.82 Å². The molecule has 0 aliphatic carbocycles. The molecule has 4 heterocycles. The molecule has 36 heavy (non-hydrogen) atoms. The highest BCUT2D eigenvalue weighted by molar-refractivity contribution is 5.82. The van der Waals surface area contributed by atoms with Crippen molar-refractivity contribution < 1.29 is 19.3 Å². The second kappa shape index (κ2) is 10.8. The van der Waals surface area contributed by atoms with E-state index < -0.39 is 12.8 Å². The first-order valence-corrected chi connectivity index (χ1v) is 12.7. The average molecular weight is 499 g/mol. The molecule has 0 amide bonds. The number of alkyl halides is 1. The fourth-order valence-electron chi connectivity index (χ4n) is 5.44. The van der Waals surface area contributed by atoms with Crippen LogP contribution in [0.4, 0.5) is 10.2 Å². The maximum absolute atomic E-state index is 13.6. The number of fused-ring (bicyclic) bond motifs is 1. The van der Waals surface area contributed by atoms with Gasteiger partial charge in [-0.1, -0.05) is 0 Å². The Morgan fingerprint density at radius 2 is 1.86 bits per heavy atom. The maximum atomic E-state index is 13.6.